The van der Waals surface area contributed by atoms with Gasteiger partial charge in [0.2, 0.25) is 0 Å². The van der Waals surface area contributed by atoms with Gasteiger partial charge in [-0.15, -0.1) is 0 Å². The fourth-order valence-electron chi connectivity index (χ4n) is 2.02. The minimum absolute atomic E-state index is 1.12. The fraction of sp³-hybridized carbons (Fsp3) is 1.00. The average molecular weight is 359 g/mol. The van der Waals surface area contributed by atoms with Crippen molar-refractivity contribution >= 4 is 7.81 Å². The Morgan fingerprint density at radius 3 is 1.00 bits per heavy atom. The molecule has 0 saturated carbocycles. The molecule has 0 spiro atoms. The van der Waals surface area contributed by atoms with Crippen molar-refractivity contribution in [1.29, 1.82) is 0 Å². The fourth-order valence-corrected chi connectivity index (χ4v) is 2.02. The van der Waals surface area contributed by atoms with Crippen LogP contribution < -0.4 is 5.73 Å². The monoisotopic (exact) mass is 359 g/mol. The van der Waals surface area contributed by atoms with Crippen LogP contribution in [-0.4, -0.2) is 6.54 Å². The molecule has 0 rings (SSSR count). The zero-order valence-corrected chi connectivity index (χ0v) is 14.5. The van der Waals surface area contributed by atoms with E-state index < -0.39 is 7.81 Å². The molecular weight excluding hydrogens is 327 g/mol. The summed E-state index contributed by atoms with van der Waals surface area (Å²) in [7, 11) is -10.7. The molecular formula is C14H32F6NP. The molecule has 140 valence electrons. The summed E-state index contributed by atoms with van der Waals surface area (Å²) >= 11 is 0. The van der Waals surface area contributed by atoms with Crippen LogP contribution in [-0.2, 0) is 0 Å². The first kappa shape index (κ1) is 24.2. The van der Waals surface area contributed by atoms with Crippen LogP contribution in [0.3, 0.4) is 0 Å². The standard InChI is InChI=1S/C14H31N.F6P/c1-2-3-4-5-6-7-8-9-10-11-12-13-14-15;1-7(2,3,4,5)6/h2-15H2,1H3;/q;-1/p+1. The van der Waals surface area contributed by atoms with E-state index in [1.807, 2.05) is 0 Å². The summed E-state index contributed by atoms with van der Waals surface area (Å²) in [5, 5.41) is 0. The van der Waals surface area contributed by atoms with Crippen molar-refractivity contribution < 1.29 is 30.9 Å². The van der Waals surface area contributed by atoms with E-state index in [2.05, 4.69) is 12.7 Å². The van der Waals surface area contributed by atoms with Crippen LogP contribution in [0.15, 0.2) is 0 Å². The van der Waals surface area contributed by atoms with E-state index in [9.17, 15) is 25.2 Å². The molecule has 0 fully saturated rings. The first-order valence-corrected chi connectivity index (χ1v) is 10.2. The number of hydrogen-bond acceptors (Lipinski definition) is 0. The molecule has 22 heavy (non-hydrogen) atoms. The Morgan fingerprint density at radius 1 is 0.545 bits per heavy atom. The van der Waals surface area contributed by atoms with Crippen LogP contribution in [0.4, 0.5) is 25.2 Å². The Balaban J connectivity index is 0. The third kappa shape index (κ3) is 50.2. The zero-order valence-electron chi connectivity index (χ0n) is 13.6. The van der Waals surface area contributed by atoms with Crippen LogP contribution in [0, 0.1) is 0 Å². The second kappa shape index (κ2) is 10.7. The van der Waals surface area contributed by atoms with Gasteiger partial charge in [0, 0.05) is 0 Å². The van der Waals surface area contributed by atoms with Crippen LogP contribution in [0.5, 0.6) is 0 Å². The second-order valence-electron chi connectivity index (χ2n) is 5.70. The summed E-state index contributed by atoms with van der Waals surface area (Å²) in [6.07, 6.45) is 17.2. The van der Waals surface area contributed by atoms with E-state index in [0.29, 0.717) is 0 Å². The molecule has 0 amide bonds. The molecule has 0 radical (unpaired) electrons. The van der Waals surface area contributed by atoms with Crippen molar-refractivity contribution in [3.63, 3.8) is 0 Å². The van der Waals surface area contributed by atoms with Gasteiger partial charge in [0.1, 0.15) is 0 Å². The Morgan fingerprint density at radius 2 is 0.773 bits per heavy atom. The molecule has 0 aromatic rings. The third-order valence-electron chi connectivity index (χ3n) is 3.10. The Kier molecular flexibility index (Phi) is 11.8. The molecule has 8 heteroatoms. The quantitative estimate of drug-likeness (QED) is 0.215. The summed E-state index contributed by atoms with van der Waals surface area (Å²) in [5.74, 6) is 0. The Bertz CT molecular complexity index is 228. The number of hydrogen-bond donors (Lipinski definition) is 1. The van der Waals surface area contributed by atoms with Crippen LogP contribution in [0.25, 0.3) is 0 Å². The molecule has 0 unspecified atom stereocenters. The normalized spacial score (nSPS) is 14.7. The topological polar surface area (TPSA) is 27.6 Å². The van der Waals surface area contributed by atoms with E-state index in [0.717, 1.165) is 6.54 Å². The van der Waals surface area contributed by atoms with E-state index in [-0.39, 0.29) is 0 Å². The van der Waals surface area contributed by atoms with Gasteiger partial charge < -0.3 is 5.73 Å². The van der Waals surface area contributed by atoms with Crippen molar-refractivity contribution in [2.24, 2.45) is 0 Å². The molecule has 1 nitrogen and oxygen atoms in total. The van der Waals surface area contributed by atoms with Crippen molar-refractivity contribution in [1.82, 2.24) is 0 Å². The van der Waals surface area contributed by atoms with Gasteiger partial charge in [-0.2, -0.15) is 0 Å². The predicted molar refractivity (Wildman–Crippen MR) is 82.4 cm³/mol. The van der Waals surface area contributed by atoms with Crippen LogP contribution in [0.1, 0.15) is 84.0 Å². The summed E-state index contributed by atoms with van der Waals surface area (Å²) in [6.45, 7) is 3.41. The van der Waals surface area contributed by atoms with Crippen molar-refractivity contribution in [2.75, 3.05) is 6.54 Å². The van der Waals surface area contributed by atoms with Gasteiger partial charge in [0.15, 0.2) is 0 Å². The summed E-state index contributed by atoms with van der Waals surface area (Å²) in [4.78, 5) is 0. The van der Waals surface area contributed by atoms with E-state index in [1.54, 1.807) is 0 Å². The van der Waals surface area contributed by atoms with Gasteiger partial charge in [0.05, 0.1) is 6.54 Å². The molecule has 0 bridgehead atoms. The van der Waals surface area contributed by atoms with Crippen LogP contribution in [0.2, 0.25) is 0 Å². The average Bonchev–Trinajstić information content (AvgIpc) is 2.32. The van der Waals surface area contributed by atoms with Gasteiger partial charge in [-0.1, -0.05) is 71.1 Å². The molecule has 0 heterocycles. The van der Waals surface area contributed by atoms with Crippen LogP contribution >= 0.6 is 7.81 Å². The van der Waals surface area contributed by atoms with Gasteiger partial charge in [0.25, 0.3) is 0 Å². The maximum atomic E-state index is 9.87. The van der Waals surface area contributed by atoms with E-state index >= 15 is 0 Å². The molecule has 0 aliphatic heterocycles. The first-order valence-electron chi connectivity index (χ1n) is 8.22. The number of rotatable bonds is 12. The number of quaternary nitrogens is 1. The Labute approximate surface area is 130 Å². The molecule has 0 saturated heterocycles. The Hall–Kier alpha value is -0.0300. The van der Waals surface area contributed by atoms with Crippen molar-refractivity contribution in [3.05, 3.63) is 0 Å². The SMILES string of the molecule is CCCCCCCCCCCCCC[NH3+].F[P-](F)(F)(F)(F)F. The van der Waals surface area contributed by atoms with Gasteiger partial charge in [-0.3, -0.25) is 0 Å². The van der Waals surface area contributed by atoms with Gasteiger partial charge >= 0.3 is 33.0 Å². The van der Waals surface area contributed by atoms with Crippen molar-refractivity contribution in [2.45, 2.75) is 84.0 Å². The third-order valence-corrected chi connectivity index (χ3v) is 3.10. The van der Waals surface area contributed by atoms with E-state index in [4.69, 9.17) is 0 Å². The van der Waals surface area contributed by atoms with Crippen molar-refractivity contribution in [3.8, 4) is 0 Å². The number of halogens is 6. The molecule has 0 aliphatic rings. The van der Waals surface area contributed by atoms with E-state index in [1.165, 1.54) is 77.0 Å². The minimum atomic E-state index is -10.7. The summed E-state index contributed by atoms with van der Waals surface area (Å²) < 4.78 is 59.2. The molecule has 3 N–H and O–H groups in total. The molecule has 0 aliphatic carbocycles. The van der Waals surface area contributed by atoms with Gasteiger partial charge in [-0.05, 0) is 12.8 Å². The van der Waals surface area contributed by atoms with Gasteiger partial charge in [-0.25, -0.2) is 0 Å². The zero-order chi connectivity index (χ0) is 17.6. The number of unbranched alkanes of at least 4 members (excludes halogenated alkanes) is 11. The second-order valence-corrected chi connectivity index (χ2v) is 7.62. The molecule has 0 aromatic heterocycles. The molecule has 0 atom stereocenters. The maximum absolute atomic E-state index is 10.7. The summed E-state index contributed by atoms with van der Waals surface area (Å²) in [6, 6.07) is 0. The predicted octanol–water partition coefficient (Wildman–Crippen LogP) is 7.31. The summed E-state index contributed by atoms with van der Waals surface area (Å²) in [5.41, 5.74) is 3.87. The molecule has 0 aromatic carbocycles. The first-order chi connectivity index (χ1) is 9.86.